The second kappa shape index (κ2) is 7.13. The lowest BCUT2D eigenvalue weighted by Crippen LogP contribution is -2.52. The van der Waals surface area contributed by atoms with Crippen molar-refractivity contribution in [2.45, 2.75) is 19.4 Å². The molecule has 3 rings (SSSR count). The molecular formula is C13H23N7O3S. The smallest absolute Gasteiger partial charge is 0.277 e. The first-order chi connectivity index (χ1) is 11.4. The first kappa shape index (κ1) is 17.3. The number of nitrogens with zero attached hydrogens (tertiary/aromatic N) is 5. The molecule has 2 aliphatic rings. The van der Waals surface area contributed by atoms with Crippen molar-refractivity contribution < 1.29 is 13.2 Å². The van der Waals surface area contributed by atoms with E-state index >= 15 is 0 Å². The molecule has 24 heavy (non-hydrogen) atoms. The summed E-state index contributed by atoms with van der Waals surface area (Å²) in [6.07, 6.45) is 3.97. The Morgan fingerprint density at radius 2 is 2.08 bits per heavy atom. The zero-order valence-corrected chi connectivity index (χ0v) is 14.3. The third kappa shape index (κ3) is 4.09. The Morgan fingerprint density at radius 1 is 1.33 bits per heavy atom. The van der Waals surface area contributed by atoms with Crippen molar-refractivity contribution in [1.29, 1.82) is 0 Å². The van der Waals surface area contributed by atoms with E-state index in [9.17, 15) is 13.2 Å². The molecule has 1 amide bonds. The molecule has 3 N–H and O–H groups in total. The highest BCUT2D eigenvalue weighted by molar-refractivity contribution is 7.86. The summed E-state index contributed by atoms with van der Waals surface area (Å²) in [6, 6.07) is 0. The summed E-state index contributed by atoms with van der Waals surface area (Å²) in [6.45, 7) is 3.76. The number of aromatic nitrogens is 3. The van der Waals surface area contributed by atoms with E-state index in [1.54, 1.807) is 15.8 Å². The molecule has 2 saturated heterocycles. The lowest BCUT2D eigenvalue weighted by atomic mass is 10.00. The third-order valence-electron chi connectivity index (χ3n) is 4.49. The van der Waals surface area contributed by atoms with E-state index in [0.717, 1.165) is 32.5 Å². The molecule has 0 bridgehead atoms. The Balaban J connectivity index is 1.56. The van der Waals surface area contributed by atoms with Gasteiger partial charge in [0.2, 0.25) is 0 Å². The van der Waals surface area contributed by atoms with Crippen molar-refractivity contribution in [3.05, 3.63) is 11.9 Å². The highest BCUT2D eigenvalue weighted by Gasteiger charge is 2.28. The number of nitrogens with two attached hydrogens (primary N) is 1. The molecule has 1 atom stereocenters. The summed E-state index contributed by atoms with van der Waals surface area (Å²) in [5.74, 6) is 0.277. The lowest BCUT2D eigenvalue weighted by Gasteiger charge is -2.32. The maximum atomic E-state index is 12.5. The molecule has 1 unspecified atom stereocenters. The highest BCUT2D eigenvalue weighted by atomic mass is 32.2. The fourth-order valence-corrected chi connectivity index (χ4v) is 3.81. The lowest BCUT2D eigenvalue weighted by molar-refractivity contribution is 0.0692. The van der Waals surface area contributed by atoms with Crippen molar-refractivity contribution >= 4 is 16.1 Å². The van der Waals surface area contributed by atoms with Crippen LogP contribution < -0.4 is 10.5 Å². The minimum atomic E-state index is -3.69. The van der Waals surface area contributed by atoms with Crippen molar-refractivity contribution in [2.24, 2.45) is 11.1 Å². The van der Waals surface area contributed by atoms with Crippen LogP contribution in [0.2, 0.25) is 0 Å². The number of carbonyl (C=O) groups is 1. The van der Waals surface area contributed by atoms with E-state index in [4.69, 9.17) is 5.14 Å². The molecular weight excluding hydrogens is 334 g/mol. The van der Waals surface area contributed by atoms with Gasteiger partial charge >= 0.3 is 0 Å². The average molecular weight is 357 g/mol. The van der Waals surface area contributed by atoms with Gasteiger partial charge in [0, 0.05) is 32.7 Å². The van der Waals surface area contributed by atoms with Crippen LogP contribution in [-0.2, 0) is 16.8 Å². The first-order valence-electron chi connectivity index (χ1n) is 8.11. The Bertz CT molecular complexity index is 675. The highest BCUT2D eigenvalue weighted by Crippen LogP contribution is 2.13. The largest absolute Gasteiger partial charge is 0.335 e. The Morgan fingerprint density at radius 3 is 2.71 bits per heavy atom. The molecule has 0 aliphatic carbocycles. The third-order valence-corrected chi connectivity index (χ3v) is 5.57. The number of amides is 1. The Labute approximate surface area is 141 Å². The minimum absolute atomic E-state index is 0.201. The van der Waals surface area contributed by atoms with Gasteiger partial charge < -0.3 is 10.2 Å². The van der Waals surface area contributed by atoms with Crippen molar-refractivity contribution in [2.75, 3.05) is 39.3 Å². The quantitative estimate of drug-likeness (QED) is 0.657. The van der Waals surface area contributed by atoms with Crippen LogP contribution in [0.4, 0.5) is 0 Å². The van der Waals surface area contributed by atoms with Gasteiger partial charge in [-0.2, -0.15) is 12.7 Å². The van der Waals surface area contributed by atoms with Gasteiger partial charge in [-0.15, -0.1) is 5.10 Å². The Hall–Kier alpha value is -1.56. The number of hydrogen-bond acceptors (Lipinski definition) is 6. The predicted molar refractivity (Wildman–Crippen MR) is 86.2 cm³/mol. The van der Waals surface area contributed by atoms with Gasteiger partial charge in [0.05, 0.1) is 6.20 Å². The van der Waals surface area contributed by atoms with Crippen LogP contribution in [0.25, 0.3) is 0 Å². The van der Waals surface area contributed by atoms with Crippen LogP contribution in [-0.4, -0.2) is 77.8 Å². The van der Waals surface area contributed by atoms with E-state index in [1.807, 2.05) is 0 Å². The topological polar surface area (TPSA) is 126 Å². The van der Waals surface area contributed by atoms with E-state index in [-0.39, 0.29) is 19.0 Å². The standard InChI is InChI=1S/C13H23N7O3S/c14-24(22,23)20-6-4-18(5-7-20)13(21)12-10-19(17-16-12)9-11-2-1-3-15-8-11/h10-11,15H,1-9H2,(H2,14,22,23). The number of nitrogens with one attached hydrogen (secondary N) is 1. The molecule has 1 aromatic rings. The fraction of sp³-hybridized carbons (Fsp3) is 0.769. The average Bonchev–Trinajstić information content (AvgIpc) is 3.03. The second-order valence-corrected chi connectivity index (χ2v) is 7.82. The summed E-state index contributed by atoms with van der Waals surface area (Å²) in [5.41, 5.74) is 0.294. The number of piperidine rings is 1. The van der Waals surface area contributed by atoms with E-state index in [2.05, 4.69) is 15.6 Å². The predicted octanol–water partition coefficient (Wildman–Crippen LogP) is -1.76. The van der Waals surface area contributed by atoms with E-state index in [0.29, 0.717) is 24.7 Å². The van der Waals surface area contributed by atoms with Crippen LogP contribution in [0, 0.1) is 5.92 Å². The van der Waals surface area contributed by atoms with Crippen LogP contribution >= 0.6 is 0 Å². The fourth-order valence-electron chi connectivity index (χ4n) is 3.14. The zero-order valence-electron chi connectivity index (χ0n) is 13.5. The van der Waals surface area contributed by atoms with Gasteiger partial charge in [0.1, 0.15) is 0 Å². The van der Waals surface area contributed by atoms with Crippen LogP contribution in [0.5, 0.6) is 0 Å². The SMILES string of the molecule is NS(=O)(=O)N1CCN(C(=O)c2cn(CC3CCCNC3)nn2)CC1. The van der Waals surface area contributed by atoms with Crippen molar-refractivity contribution in [1.82, 2.24) is 29.5 Å². The maximum Gasteiger partial charge on any atom is 0.277 e. The number of hydrogen-bond donors (Lipinski definition) is 2. The van der Waals surface area contributed by atoms with Gasteiger partial charge in [0.25, 0.3) is 16.1 Å². The zero-order chi connectivity index (χ0) is 17.2. The van der Waals surface area contributed by atoms with E-state index < -0.39 is 10.2 Å². The molecule has 2 aliphatic heterocycles. The molecule has 0 spiro atoms. The summed E-state index contributed by atoms with van der Waals surface area (Å²) in [4.78, 5) is 14.0. The van der Waals surface area contributed by atoms with Gasteiger partial charge in [0.15, 0.2) is 5.69 Å². The Kier molecular flexibility index (Phi) is 5.13. The summed E-state index contributed by atoms with van der Waals surface area (Å²) < 4.78 is 25.5. The molecule has 0 radical (unpaired) electrons. The maximum absolute atomic E-state index is 12.5. The first-order valence-corrected chi connectivity index (χ1v) is 9.62. The van der Waals surface area contributed by atoms with Gasteiger partial charge in [-0.1, -0.05) is 5.21 Å². The number of piperazine rings is 1. The van der Waals surface area contributed by atoms with Crippen LogP contribution in [0.1, 0.15) is 23.3 Å². The second-order valence-electron chi connectivity index (χ2n) is 6.27. The number of rotatable bonds is 4. The van der Waals surface area contributed by atoms with Gasteiger partial charge in [-0.25, -0.2) is 5.14 Å². The van der Waals surface area contributed by atoms with Gasteiger partial charge in [-0.3, -0.25) is 9.48 Å². The van der Waals surface area contributed by atoms with Crippen molar-refractivity contribution in [3.8, 4) is 0 Å². The molecule has 1 aromatic heterocycles. The van der Waals surface area contributed by atoms with Crippen LogP contribution in [0.15, 0.2) is 6.20 Å². The summed E-state index contributed by atoms with van der Waals surface area (Å²) in [5, 5.41) is 16.5. The number of carbonyl (C=O) groups excluding carboxylic acids is 1. The monoisotopic (exact) mass is 357 g/mol. The molecule has 0 aromatic carbocycles. The molecule has 2 fully saturated rings. The molecule has 134 valence electrons. The normalized spacial score (nSPS) is 23.4. The summed E-state index contributed by atoms with van der Waals surface area (Å²) in [7, 11) is -3.69. The molecule has 3 heterocycles. The van der Waals surface area contributed by atoms with Gasteiger partial charge in [-0.05, 0) is 31.8 Å². The minimum Gasteiger partial charge on any atom is -0.335 e. The van der Waals surface area contributed by atoms with Crippen molar-refractivity contribution in [3.63, 3.8) is 0 Å². The van der Waals surface area contributed by atoms with Crippen LogP contribution in [0.3, 0.4) is 0 Å². The molecule has 10 nitrogen and oxygen atoms in total. The molecule has 0 saturated carbocycles. The summed E-state index contributed by atoms with van der Waals surface area (Å²) >= 11 is 0. The molecule has 11 heteroatoms. The van der Waals surface area contributed by atoms with E-state index in [1.165, 1.54) is 4.31 Å².